The number of alkyl halides is 1. The zero-order valence-corrected chi connectivity index (χ0v) is 16.3. The number of anilines is 1. The van der Waals surface area contributed by atoms with Crippen LogP contribution in [0.4, 0.5) is 10.4 Å². The molecular formula is C19H32FN5O2. The van der Waals surface area contributed by atoms with E-state index in [4.69, 9.17) is 4.52 Å². The fraction of sp³-hybridized carbons (Fsp3) is 0.895. The van der Waals surface area contributed by atoms with E-state index in [1.54, 1.807) is 0 Å². The first-order valence-electron chi connectivity index (χ1n) is 10.4. The number of rotatable bonds is 4. The van der Waals surface area contributed by atoms with Crippen LogP contribution in [0.1, 0.15) is 44.3 Å². The van der Waals surface area contributed by atoms with Crippen LogP contribution in [-0.4, -0.2) is 88.7 Å². The molecule has 3 fully saturated rings. The molecular weight excluding hydrogens is 349 g/mol. The molecule has 4 heterocycles. The van der Waals surface area contributed by atoms with Gasteiger partial charge in [0.05, 0.1) is 6.61 Å². The molecule has 3 atom stereocenters. The minimum atomic E-state index is -0.777. The van der Waals surface area contributed by atoms with Gasteiger partial charge in [0.1, 0.15) is 6.17 Å². The van der Waals surface area contributed by atoms with Crippen molar-refractivity contribution in [1.29, 1.82) is 0 Å². The fourth-order valence-corrected chi connectivity index (χ4v) is 5.14. The van der Waals surface area contributed by atoms with Crippen LogP contribution in [0.25, 0.3) is 0 Å². The van der Waals surface area contributed by atoms with E-state index in [0.29, 0.717) is 36.9 Å². The number of aliphatic hydroxyl groups is 1. The van der Waals surface area contributed by atoms with Crippen molar-refractivity contribution in [2.75, 3.05) is 44.2 Å². The van der Waals surface area contributed by atoms with Gasteiger partial charge in [-0.15, -0.1) is 0 Å². The first-order valence-corrected chi connectivity index (χ1v) is 10.4. The van der Waals surface area contributed by atoms with Gasteiger partial charge in [-0.1, -0.05) is 5.16 Å². The number of likely N-dealkylation sites (tertiary alicyclic amines) is 2. The molecule has 0 radical (unpaired) electrons. The van der Waals surface area contributed by atoms with Gasteiger partial charge >= 0.3 is 6.01 Å². The maximum Gasteiger partial charge on any atom is 0.324 e. The maximum atomic E-state index is 13.8. The van der Waals surface area contributed by atoms with Crippen molar-refractivity contribution < 1.29 is 14.0 Å². The Morgan fingerprint density at radius 1 is 1.11 bits per heavy atom. The summed E-state index contributed by atoms with van der Waals surface area (Å²) in [7, 11) is 0. The second-order valence-electron chi connectivity index (χ2n) is 8.33. The predicted molar refractivity (Wildman–Crippen MR) is 101 cm³/mol. The van der Waals surface area contributed by atoms with E-state index in [1.807, 2.05) is 6.92 Å². The molecule has 1 unspecified atom stereocenters. The summed E-state index contributed by atoms with van der Waals surface area (Å²) in [5, 5.41) is 13.5. The number of nitrogens with zero attached hydrogens (tertiary/aromatic N) is 5. The lowest BCUT2D eigenvalue weighted by molar-refractivity contribution is 0.0545. The smallest absolute Gasteiger partial charge is 0.324 e. The minimum Gasteiger partial charge on any atom is -0.395 e. The number of aromatic nitrogens is 2. The summed E-state index contributed by atoms with van der Waals surface area (Å²) in [6.45, 7) is 6.49. The number of aliphatic hydroxyl groups excluding tert-OH is 1. The largest absolute Gasteiger partial charge is 0.395 e. The number of piperidine rings is 1. The van der Waals surface area contributed by atoms with Crippen molar-refractivity contribution in [3.63, 3.8) is 0 Å². The third-order valence-corrected chi connectivity index (χ3v) is 6.59. The zero-order valence-electron chi connectivity index (χ0n) is 16.3. The third-order valence-electron chi connectivity index (χ3n) is 6.59. The maximum absolute atomic E-state index is 13.8. The highest BCUT2D eigenvalue weighted by Crippen LogP contribution is 2.29. The first-order chi connectivity index (χ1) is 13.1. The molecule has 0 amide bonds. The standard InChI is InChI=1S/C19H32FN5O2/c1-14-21-19(27-22-14)24-7-2-3-16(4-10-24)23-8-5-17(6-9-23)25-12-15(20)11-18(25)13-26/h15-18,26H,2-13H2,1H3/t15-,16?,18-/m1/s1. The Bertz CT molecular complexity index is 607. The summed E-state index contributed by atoms with van der Waals surface area (Å²) in [5.41, 5.74) is 0. The van der Waals surface area contributed by atoms with Gasteiger partial charge in [0.15, 0.2) is 5.82 Å². The molecule has 0 aromatic carbocycles. The molecule has 1 aromatic heterocycles. The number of hydrogen-bond donors (Lipinski definition) is 1. The quantitative estimate of drug-likeness (QED) is 0.850. The van der Waals surface area contributed by atoms with Crippen LogP contribution in [-0.2, 0) is 0 Å². The van der Waals surface area contributed by atoms with Gasteiger partial charge in [-0.25, -0.2) is 4.39 Å². The van der Waals surface area contributed by atoms with Crippen molar-refractivity contribution in [2.45, 2.75) is 69.7 Å². The summed E-state index contributed by atoms with van der Waals surface area (Å²) in [5.74, 6) is 0.687. The van der Waals surface area contributed by atoms with E-state index in [1.165, 1.54) is 6.42 Å². The number of halogens is 1. The average molecular weight is 381 g/mol. The molecule has 1 N–H and O–H groups in total. The van der Waals surface area contributed by atoms with Crippen LogP contribution < -0.4 is 4.90 Å². The van der Waals surface area contributed by atoms with Gasteiger partial charge < -0.3 is 19.4 Å². The van der Waals surface area contributed by atoms with E-state index in [-0.39, 0.29) is 12.6 Å². The molecule has 8 heteroatoms. The second kappa shape index (κ2) is 8.41. The topological polar surface area (TPSA) is 68.9 Å². The van der Waals surface area contributed by atoms with E-state index in [2.05, 4.69) is 24.8 Å². The Morgan fingerprint density at radius 3 is 2.59 bits per heavy atom. The van der Waals surface area contributed by atoms with Crippen molar-refractivity contribution >= 4 is 6.01 Å². The lowest BCUT2D eigenvalue weighted by Gasteiger charge is -2.41. The lowest BCUT2D eigenvalue weighted by atomic mass is 9.98. The highest BCUT2D eigenvalue weighted by molar-refractivity contribution is 5.25. The van der Waals surface area contributed by atoms with Crippen LogP contribution in [0.2, 0.25) is 0 Å². The van der Waals surface area contributed by atoms with Crippen LogP contribution in [0.5, 0.6) is 0 Å². The molecule has 0 aliphatic carbocycles. The molecule has 3 aliphatic rings. The number of hydrogen-bond acceptors (Lipinski definition) is 7. The summed E-state index contributed by atoms with van der Waals surface area (Å²) >= 11 is 0. The Kier molecular flexibility index (Phi) is 5.94. The van der Waals surface area contributed by atoms with Crippen molar-refractivity contribution in [1.82, 2.24) is 19.9 Å². The molecule has 3 aliphatic heterocycles. The molecule has 0 bridgehead atoms. The summed E-state index contributed by atoms with van der Waals surface area (Å²) < 4.78 is 19.1. The second-order valence-corrected chi connectivity index (χ2v) is 8.33. The molecule has 152 valence electrons. The Morgan fingerprint density at radius 2 is 1.89 bits per heavy atom. The van der Waals surface area contributed by atoms with Gasteiger partial charge in [0.2, 0.25) is 0 Å². The summed E-state index contributed by atoms with van der Waals surface area (Å²) in [6, 6.07) is 1.68. The van der Waals surface area contributed by atoms with E-state index < -0.39 is 6.17 Å². The summed E-state index contributed by atoms with van der Waals surface area (Å²) in [4.78, 5) is 11.4. The first kappa shape index (κ1) is 19.1. The van der Waals surface area contributed by atoms with E-state index in [9.17, 15) is 9.50 Å². The van der Waals surface area contributed by atoms with Crippen LogP contribution in [0.15, 0.2) is 4.52 Å². The third kappa shape index (κ3) is 4.27. The average Bonchev–Trinajstić information content (AvgIpc) is 3.19. The molecule has 7 nitrogen and oxygen atoms in total. The van der Waals surface area contributed by atoms with Crippen molar-refractivity contribution in [3.05, 3.63) is 5.82 Å². The van der Waals surface area contributed by atoms with Gasteiger partial charge in [-0.3, -0.25) is 4.90 Å². The molecule has 0 spiro atoms. The molecule has 0 saturated carbocycles. The normalized spacial score (nSPS) is 32.1. The zero-order chi connectivity index (χ0) is 18.8. The van der Waals surface area contributed by atoms with Crippen molar-refractivity contribution in [3.8, 4) is 0 Å². The predicted octanol–water partition coefficient (Wildman–Crippen LogP) is 1.61. The summed E-state index contributed by atoms with van der Waals surface area (Å²) in [6.07, 6.45) is 5.31. The van der Waals surface area contributed by atoms with Crippen LogP contribution >= 0.6 is 0 Å². The molecule has 27 heavy (non-hydrogen) atoms. The van der Waals surface area contributed by atoms with Gasteiger partial charge in [0.25, 0.3) is 0 Å². The highest BCUT2D eigenvalue weighted by Gasteiger charge is 2.38. The molecule has 1 aromatic rings. The number of aryl methyl sites for hydroxylation is 1. The van der Waals surface area contributed by atoms with E-state index in [0.717, 1.165) is 51.9 Å². The van der Waals surface area contributed by atoms with Crippen molar-refractivity contribution in [2.24, 2.45) is 0 Å². The SMILES string of the molecule is Cc1noc(N2CCCC(N3CCC(N4C[C@H](F)C[C@@H]4CO)CC3)CC2)n1. The minimum absolute atomic E-state index is 0.0147. The van der Waals surface area contributed by atoms with Crippen LogP contribution in [0, 0.1) is 6.92 Å². The van der Waals surface area contributed by atoms with E-state index >= 15 is 0 Å². The van der Waals surface area contributed by atoms with Crippen LogP contribution in [0.3, 0.4) is 0 Å². The fourth-order valence-electron chi connectivity index (χ4n) is 5.14. The Balaban J connectivity index is 1.28. The van der Waals surface area contributed by atoms with Gasteiger partial charge in [0, 0.05) is 37.8 Å². The Labute approximate surface area is 160 Å². The van der Waals surface area contributed by atoms with Gasteiger partial charge in [-0.05, 0) is 58.5 Å². The molecule has 3 saturated heterocycles. The van der Waals surface area contributed by atoms with Gasteiger partial charge in [-0.2, -0.15) is 4.98 Å². The molecule has 4 rings (SSSR count). The Hall–Kier alpha value is -1.25. The highest BCUT2D eigenvalue weighted by atomic mass is 19.1. The monoisotopic (exact) mass is 381 g/mol. The lowest BCUT2D eigenvalue weighted by Crippen LogP contribution is -2.50.